The number of hydrogen-bond donors (Lipinski definition) is 0. The molecule has 2 nitrogen and oxygen atoms in total. The van der Waals surface area contributed by atoms with Crippen molar-refractivity contribution >= 4 is 0 Å². The molecule has 1 aromatic carbocycles. The van der Waals surface area contributed by atoms with E-state index in [1.54, 1.807) is 20.3 Å². The molecule has 0 aliphatic rings. The van der Waals surface area contributed by atoms with Crippen LogP contribution in [0.5, 0.6) is 11.5 Å². The first-order chi connectivity index (χ1) is 5.83. The van der Waals surface area contributed by atoms with Crippen LogP contribution in [0.1, 0.15) is 12.5 Å². The maximum absolute atomic E-state index is 5.21. The van der Waals surface area contributed by atoms with E-state index in [0.717, 1.165) is 23.5 Å². The maximum Gasteiger partial charge on any atom is 0.163 e. The smallest absolute Gasteiger partial charge is 0.163 e. The predicted octanol–water partition coefficient (Wildman–Crippen LogP) is 2.07. The summed E-state index contributed by atoms with van der Waals surface area (Å²) in [5.74, 6) is 1.57. The van der Waals surface area contributed by atoms with Crippen LogP contribution in [0.15, 0.2) is 12.1 Å². The summed E-state index contributed by atoms with van der Waals surface area (Å²) in [5.41, 5.74) is 1.12. The minimum atomic E-state index is 0.747. The van der Waals surface area contributed by atoms with Crippen LogP contribution in [-0.4, -0.2) is 14.2 Å². The zero-order valence-electron chi connectivity index (χ0n) is 7.68. The molecule has 0 aliphatic heterocycles. The van der Waals surface area contributed by atoms with Gasteiger partial charge >= 0.3 is 0 Å². The van der Waals surface area contributed by atoms with Gasteiger partial charge in [-0.15, -0.1) is 0 Å². The highest BCUT2D eigenvalue weighted by atomic mass is 16.5. The summed E-state index contributed by atoms with van der Waals surface area (Å²) >= 11 is 0. The van der Waals surface area contributed by atoms with Crippen molar-refractivity contribution < 1.29 is 9.47 Å². The van der Waals surface area contributed by atoms with Gasteiger partial charge in [0.05, 0.1) is 14.2 Å². The van der Waals surface area contributed by atoms with E-state index in [1.807, 2.05) is 6.07 Å². The average molecular weight is 165 g/mol. The Bertz CT molecular complexity index is 234. The van der Waals surface area contributed by atoms with E-state index in [2.05, 4.69) is 13.0 Å². The largest absolute Gasteiger partial charge is 0.493 e. The Labute approximate surface area is 73.1 Å². The van der Waals surface area contributed by atoms with Crippen molar-refractivity contribution in [1.29, 1.82) is 0 Å². The Morgan fingerprint density at radius 2 is 2.00 bits per heavy atom. The van der Waals surface area contributed by atoms with Crippen LogP contribution < -0.4 is 9.47 Å². The lowest BCUT2D eigenvalue weighted by Gasteiger charge is -2.10. The fourth-order valence-electron chi connectivity index (χ4n) is 1.15. The molecule has 12 heavy (non-hydrogen) atoms. The summed E-state index contributed by atoms with van der Waals surface area (Å²) in [6.45, 7) is 2.07. The number of methoxy groups -OCH3 is 2. The summed E-state index contributed by atoms with van der Waals surface area (Å²) < 4.78 is 10.3. The van der Waals surface area contributed by atoms with Gasteiger partial charge in [-0.3, -0.25) is 0 Å². The molecule has 0 aromatic heterocycles. The van der Waals surface area contributed by atoms with Crippen molar-refractivity contribution in [3.63, 3.8) is 0 Å². The predicted molar refractivity (Wildman–Crippen MR) is 47.8 cm³/mol. The molecular formula is C10H13O2. The molecule has 0 atom stereocenters. The van der Waals surface area contributed by atoms with E-state index in [0.29, 0.717) is 0 Å². The highest BCUT2D eigenvalue weighted by Gasteiger charge is 2.06. The van der Waals surface area contributed by atoms with E-state index < -0.39 is 0 Å². The summed E-state index contributed by atoms with van der Waals surface area (Å²) in [6, 6.07) is 6.69. The van der Waals surface area contributed by atoms with Gasteiger partial charge in [0.25, 0.3) is 0 Å². The zero-order chi connectivity index (χ0) is 8.97. The molecule has 0 aliphatic carbocycles. The van der Waals surface area contributed by atoms with Crippen molar-refractivity contribution in [3.05, 3.63) is 23.8 Å². The minimum absolute atomic E-state index is 0.747. The maximum atomic E-state index is 5.21. The highest BCUT2D eigenvalue weighted by molar-refractivity contribution is 5.46. The molecule has 0 amide bonds. The van der Waals surface area contributed by atoms with E-state index in [1.165, 1.54) is 0 Å². The van der Waals surface area contributed by atoms with Crippen molar-refractivity contribution in [3.8, 4) is 11.5 Å². The molecule has 1 aromatic rings. The van der Waals surface area contributed by atoms with Crippen LogP contribution in [0.3, 0.4) is 0 Å². The summed E-state index contributed by atoms with van der Waals surface area (Å²) in [6.07, 6.45) is 0.927. The van der Waals surface area contributed by atoms with Gasteiger partial charge in [0.15, 0.2) is 11.5 Å². The van der Waals surface area contributed by atoms with Gasteiger partial charge in [-0.25, -0.2) is 0 Å². The van der Waals surface area contributed by atoms with Crippen LogP contribution in [0.2, 0.25) is 0 Å². The summed E-state index contributed by atoms with van der Waals surface area (Å²) in [7, 11) is 3.28. The molecule has 0 saturated heterocycles. The number of ether oxygens (including phenoxy) is 2. The third kappa shape index (κ3) is 1.52. The Morgan fingerprint density at radius 3 is 2.50 bits per heavy atom. The summed E-state index contributed by atoms with van der Waals surface area (Å²) in [4.78, 5) is 0. The van der Waals surface area contributed by atoms with Crippen molar-refractivity contribution in [2.75, 3.05) is 14.2 Å². The molecule has 1 rings (SSSR count). The first-order valence-corrected chi connectivity index (χ1v) is 3.94. The fraction of sp³-hybridized carbons (Fsp3) is 0.400. The normalized spacial score (nSPS) is 9.58. The fourth-order valence-corrected chi connectivity index (χ4v) is 1.15. The minimum Gasteiger partial charge on any atom is -0.493 e. The molecule has 0 fully saturated rings. The third-order valence-electron chi connectivity index (χ3n) is 1.79. The van der Waals surface area contributed by atoms with E-state index in [4.69, 9.17) is 9.47 Å². The van der Waals surface area contributed by atoms with Gasteiger partial charge in [-0.2, -0.15) is 0 Å². The molecule has 65 valence electrons. The Kier molecular flexibility index (Phi) is 2.97. The van der Waals surface area contributed by atoms with Crippen LogP contribution in [-0.2, 0) is 6.42 Å². The van der Waals surface area contributed by atoms with Crippen LogP contribution in [0, 0.1) is 6.07 Å². The topological polar surface area (TPSA) is 18.5 Å². The molecule has 1 radical (unpaired) electrons. The molecule has 0 bridgehead atoms. The SMILES string of the molecule is CCc1c[c]cc(OC)c1OC. The second kappa shape index (κ2) is 4.00. The average Bonchev–Trinajstić information content (AvgIpc) is 2.16. The van der Waals surface area contributed by atoms with E-state index >= 15 is 0 Å². The first kappa shape index (κ1) is 8.91. The molecule has 0 saturated carbocycles. The van der Waals surface area contributed by atoms with Crippen LogP contribution in [0.4, 0.5) is 0 Å². The number of aryl methyl sites for hydroxylation is 1. The van der Waals surface area contributed by atoms with Gasteiger partial charge in [0, 0.05) is 0 Å². The second-order valence-electron chi connectivity index (χ2n) is 2.44. The number of hydrogen-bond acceptors (Lipinski definition) is 2. The van der Waals surface area contributed by atoms with Gasteiger partial charge in [-0.1, -0.05) is 6.92 Å². The molecule has 0 N–H and O–H groups in total. The molecule has 0 spiro atoms. The van der Waals surface area contributed by atoms with Crippen molar-refractivity contribution in [2.45, 2.75) is 13.3 Å². The van der Waals surface area contributed by atoms with E-state index in [-0.39, 0.29) is 0 Å². The number of benzene rings is 1. The lowest BCUT2D eigenvalue weighted by Crippen LogP contribution is -1.94. The first-order valence-electron chi connectivity index (χ1n) is 3.94. The number of rotatable bonds is 3. The molecule has 2 heteroatoms. The van der Waals surface area contributed by atoms with Gasteiger partial charge in [0.2, 0.25) is 0 Å². The van der Waals surface area contributed by atoms with Gasteiger partial charge in [-0.05, 0) is 30.2 Å². The van der Waals surface area contributed by atoms with Crippen molar-refractivity contribution in [1.82, 2.24) is 0 Å². The van der Waals surface area contributed by atoms with Crippen LogP contribution in [0.25, 0.3) is 0 Å². The Hall–Kier alpha value is -1.18. The molecule has 0 unspecified atom stereocenters. The van der Waals surface area contributed by atoms with Crippen LogP contribution >= 0.6 is 0 Å². The summed E-state index contributed by atoms with van der Waals surface area (Å²) in [5, 5.41) is 0. The van der Waals surface area contributed by atoms with Gasteiger partial charge < -0.3 is 9.47 Å². The third-order valence-corrected chi connectivity index (χ3v) is 1.79. The Balaban J connectivity index is 3.13. The zero-order valence-corrected chi connectivity index (χ0v) is 7.68. The Morgan fingerprint density at radius 1 is 1.25 bits per heavy atom. The highest BCUT2D eigenvalue weighted by Crippen LogP contribution is 2.30. The monoisotopic (exact) mass is 165 g/mol. The molecule has 0 heterocycles. The lowest BCUT2D eigenvalue weighted by molar-refractivity contribution is 0.352. The second-order valence-corrected chi connectivity index (χ2v) is 2.44. The van der Waals surface area contributed by atoms with Crippen molar-refractivity contribution in [2.24, 2.45) is 0 Å². The lowest BCUT2D eigenvalue weighted by atomic mass is 10.1. The van der Waals surface area contributed by atoms with E-state index in [9.17, 15) is 0 Å². The van der Waals surface area contributed by atoms with Gasteiger partial charge in [0.1, 0.15) is 0 Å². The quantitative estimate of drug-likeness (QED) is 0.682. The standard InChI is InChI=1S/C10H13O2/c1-4-8-6-5-7-9(11-2)10(8)12-3/h6-7H,4H2,1-3H3. The molecular weight excluding hydrogens is 152 g/mol.